The molecule has 0 aliphatic carbocycles. The van der Waals surface area contributed by atoms with E-state index in [4.69, 9.17) is 10.5 Å². The molecule has 1 amide bonds. The smallest absolute Gasteiger partial charge is 0.241 e. The number of rotatable bonds is 3. The lowest BCUT2D eigenvalue weighted by molar-refractivity contribution is -0.117. The standard InChI is InChI=1S/C10H12F2N2O2.ClH/c1-5(13)10(15)14-8-4-6(11)3-7(12)9(8)16-2;/h3-5H,13H2,1-2H3,(H,14,15);1H/t5-;/m1./s1. The van der Waals surface area contributed by atoms with Gasteiger partial charge in [-0.25, -0.2) is 8.78 Å². The molecular weight excluding hydrogens is 254 g/mol. The van der Waals surface area contributed by atoms with Gasteiger partial charge in [0, 0.05) is 12.1 Å². The van der Waals surface area contributed by atoms with Crippen LogP contribution in [-0.2, 0) is 4.79 Å². The Morgan fingerprint density at radius 2 is 2.06 bits per heavy atom. The fourth-order valence-electron chi connectivity index (χ4n) is 1.11. The molecule has 0 aromatic heterocycles. The number of halogens is 3. The Bertz CT molecular complexity index is 414. The number of nitrogens with two attached hydrogens (primary N) is 1. The molecule has 0 radical (unpaired) electrons. The highest BCUT2D eigenvalue weighted by Crippen LogP contribution is 2.28. The van der Waals surface area contributed by atoms with Gasteiger partial charge in [-0.1, -0.05) is 0 Å². The first-order chi connectivity index (χ1) is 7.45. The van der Waals surface area contributed by atoms with Crippen molar-refractivity contribution in [2.75, 3.05) is 12.4 Å². The molecule has 0 fully saturated rings. The predicted molar refractivity (Wildman–Crippen MR) is 62.4 cm³/mol. The van der Waals surface area contributed by atoms with Gasteiger partial charge in [-0.3, -0.25) is 4.79 Å². The largest absolute Gasteiger partial charge is 0.492 e. The lowest BCUT2D eigenvalue weighted by Crippen LogP contribution is -2.32. The van der Waals surface area contributed by atoms with Gasteiger partial charge in [0.1, 0.15) is 5.82 Å². The van der Waals surface area contributed by atoms with Crippen molar-refractivity contribution in [3.05, 3.63) is 23.8 Å². The summed E-state index contributed by atoms with van der Waals surface area (Å²) in [5.41, 5.74) is 5.23. The molecule has 0 unspecified atom stereocenters. The van der Waals surface area contributed by atoms with Crippen molar-refractivity contribution in [1.82, 2.24) is 0 Å². The molecule has 0 spiro atoms. The second-order valence-electron chi connectivity index (χ2n) is 3.25. The summed E-state index contributed by atoms with van der Waals surface area (Å²) in [5.74, 6) is -2.47. The maximum atomic E-state index is 13.2. The molecule has 1 aromatic carbocycles. The van der Waals surface area contributed by atoms with Gasteiger partial charge in [0.2, 0.25) is 5.91 Å². The van der Waals surface area contributed by atoms with Gasteiger partial charge in [0.15, 0.2) is 11.6 Å². The first-order valence-electron chi connectivity index (χ1n) is 4.55. The van der Waals surface area contributed by atoms with Gasteiger partial charge in [-0.2, -0.15) is 0 Å². The van der Waals surface area contributed by atoms with Gasteiger partial charge in [0.25, 0.3) is 0 Å². The number of carbonyl (C=O) groups is 1. The SMILES string of the molecule is COc1c(F)cc(F)cc1NC(=O)[C@@H](C)N.Cl. The van der Waals surface area contributed by atoms with E-state index >= 15 is 0 Å². The average molecular weight is 267 g/mol. The highest BCUT2D eigenvalue weighted by atomic mass is 35.5. The predicted octanol–water partition coefficient (Wildman–Crippen LogP) is 1.68. The van der Waals surface area contributed by atoms with E-state index in [0.29, 0.717) is 6.07 Å². The first kappa shape index (κ1) is 15.6. The second-order valence-corrected chi connectivity index (χ2v) is 3.25. The Kier molecular flexibility index (Phi) is 5.84. The third-order valence-corrected chi connectivity index (χ3v) is 1.88. The normalized spacial score (nSPS) is 11.4. The molecule has 0 aliphatic rings. The topological polar surface area (TPSA) is 64.3 Å². The Labute approximate surface area is 104 Å². The van der Waals surface area contributed by atoms with Crippen LogP contribution in [0.4, 0.5) is 14.5 Å². The third kappa shape index (κ3) is 3.83. The number of carbonyl (C=O) groups excluding carboxylic acids is 1. The summed E-state index contributed by atoms with van der Waals surface area (Å²) in [4.78, 5) is 11.3. The number of hydrogen-bond acceptors (Lipinski definition) is 3. The van der Waals surface area contributed by atoms with Crippen molar-refractivity contribution in [3.63, 3.8) is 0 Å². The molecule has 0 heterocycles. The molecule has 0 aliphatic heterocycles. The summed E-state index contributed by atoms with van der Waals surface area (Å²) in [6.07, 6.45) is 0. The van der Waals surface area contributed by atoms with E-state index in [1.54, 1.807) is 0 Å². The third-order valence-electron chi connectivity index (χ3n) is 1.88. The van der Waals surface area contributed by atoms with E-state index < -0.39 is 23.6 Å². The van der Waals surface area contributed by atoms with Crippen LogP contribution < -0.4 is 15.8 Å². The van der Waals surface area contributed by atoms with E-state index in [2.05, 4.69) is 5.32 Å². The monoisotopic (exact) mass is 266 g/mol. The second kappa shape index (κ2) is 6.36. The number of anilines is 1. The Hall–Kier alpha value is -1.40. The molecule has 1 rings (SSSR count). The fourth-order valence-corrected chi connectivity index (χ4v) is 1.11. The maximum Gasteiger partial charge on any atom is 0.241 e. The summed E-state index contributed by atoms with van der Waals surface area (Å²) in [6, 6.07) is 0.846. The van der Waals surface area contributed by atoms with Crippen molar-refractivity contribution < 1.29 is 18.3 Å². The zero-order valence-corrected chi connectivity index (χ0v) is 10.1. The van der Waals surface area contributed by atoms with Gasteiger partial charge >= 0.3 is 0 Å². The molecule has 0 bridgehead atoms. The molecule has 7 heteroatoms. The van der Waals surface area contributed by atoms with E-state index in [-0.39, 0.29) is 23.8 Å². The van der Waals surface area contributed by atoms with Crippen LogP contribution >= 0.6 is 12.4 Å². The quantitative estimate of drug-likeness (QED) is 0.875. The van der Waals surface area contributed by atoms with Crippen LogP contribution in [0, 0.1) is 11.6 Å². The minimum Gasteiger partial charge on any atom is -0.492 e. The van der Waals surface area contributed by atoms with Gasteiger partial charge in [0.05, 0.1) is 18.8 Å². The lowest BCUT2D eigenvalue weighted by atomic mass is 10.2. The Morgan fingerprint density at radius 3 is 2.53 bits per heavy atom. The minimum atomic E-state index is -0.887. The highest BCUT2D eigenvalue weighted by Gasteiger charge is 2.15. The van der Waals surface area contributed by atoms with Crippen LogP contribution in [0.2, 0.25) is 0 Å². The molecule has 1 atom stereocenters. The lowest BCUT2D eigenvalue weighted by Gasteiger charge is -2.12. The van der Waals surface area contributed by atoms with Crippen molar-refractivity contribution in [2.24, 2.45) is 5.73 Å². The highest BCUT2D eigenvalue weighted by molar-refractivity contribution is 5.95. The minimum absolute atomic E-state index is 0. The summed E-state index contributed by atoms with van der Waals surface area (Å²) >= 11 is 0. The number of nitrogens with one attached hydrogen (secondary N) is 1. The average Bonchev–Trinajstić information content (AvgIpc) is 2.16. The Morgan fingerprint density at radius 1 is 1.47 bits per heavy atom. The number of benzene rings is 1. The van der Waals surface area contributed by atoms with Crippen LogP contribution in [0.5, 0.6) is 5.75 Å². The van der Waals surface area contributed by atoms with E-state index in [1.165, 1.54) is 14.0 Å². The summed E-state index contributed by atoms with van der Waals surface area (Å²) in [7, 11) is 1.22. The van der Waals surface area contributed by atoms with Crippen molar-refractivity contribution in [2.45, 2.75) is 13.0 Å². The van der Waals surface area contributed by atoms with Gasteiger partial charge in [-0.05, 0) is 6.92 Å². The summed E-state index contributed by atoms with van der Waals surface area (Å²) in [6.45, 7) is 1.46. The molecule has 3 N–H and O–H groups in total. The zero-order chi connectivity index (χ0) is 12.3. The number of ether oxygens (including phenoxy) is 1. The van der Waals surface area contributed by atoms with Crippen molar-refractivity contribution in [3.8, 4) is 5.75 Å². The summed E-state index contributed by atoms with van der Waals surface area (Å²) in [5, 5.41) is 2.27. The molecule has 0 saturated heterocycles. The van der Waals surface area contributed by atoms with Gasteiger partial charge < -0.3 is 15.8 Å². The van der Waals surface area contributed by atoms with Crippen LogP contribution in [0.25, 0.3) is 0 Å². The molecule has 0 saturated carbocycles. The maximum absolute atomic E-state index is 13.2. The number of methoxy groups -OCH3 is 1. The molecule has 96 valence electrons. The summed E-state index contributed by atoms with van der Waals surface area (Å²) < 4.78 is 30.8. The van der Waals surface area contributed by atoms with E-state index in [0.717, 1.165) is 6.07 Å². The van der Waals surface area contributed by atoms with Crippen molar-refractivity contribution >= 4 is 24.0 Å². The number of amides is 1. The molecular formula is C10H13ClF2N2O2. The van der Waals surface area contributed by atoms with E-state index in [9.17, 15) is 13.6 Å². The molecule has 4 nitrogen and oxygen atoms in total. The Balaban J connectivity index is 0.00000256. The van der Waals surface area contributed by atoms with Crippen LogP contribution in [0.1, 0.15) is 6.92 Å². The van der Waals surface area contributed by atoms with Crippen LogP contribution in [-0.4, -0.2) is 19.1 Å². The molecule has 17 heavy (non-hydrogen) atoms. The number of hydrogen-bond donors (Lipinski definition) is 2. The first-order valence-corrected chi connectivity index (χ1v) is 4.55. The van der Waals surface area contributed by atoms with Gasteiger partial charge in [-0.15, -0.1) is 12.4 Å². The van der Waals surface area contributed by atoms with Crippen molar-refractivity contribution in [1.29, 1.82) is 0 Å². The fraction of sp³-hybridized carbons (Fsp3) is 0.300. The van der Waals surface area contributed by atoms with E-state index in [1.807, 2.05) is 0 Å². The van der Waals surface area contributed by atoms with Crippen LogP contribution in [0.3, 0.4) is 0 Å². The zero-order valence-electron chi connectivity index (χ0n) is 9.29. The molecule has 1 aromatic rings. The van der Waals surface area contributed by atoms with Crippen LogP contribution in [0.15, 0.2) is 12.1 Å².